The molecular formula is C24H20ClFN2O2. The lowest BCUT2D eigenvalue weighted by atomic mass is 9.98. The number of alkyl carbamates (subject to hydrolysis) is 1. The highest BCUT2D eigenvalue weighted by Crippen LogP contribution is 2.44. The molecule has 4 nitrogen and oxygen atoms in total. The van der Waals surface area contributed by atoms with Crippen LogP contribution in [0.25, 0.3) is 17.2 Å². The number of ether oxygens (including phenoxy) is 1. The molecule has 0 aliphatic heterocycles. The van der Waals surface area contributed by atoms with Crippen LogP contribution in [0, 0.1) is 5.82 Å². The first-order valence-corrected chi connectivity index (χ1v) is 10.1. The largest absolute Gasteiger partial charge is 0.449 e. The molecule has 0 spiro atoms. The summed E-state index contributed by atoms with van der Waals surface area (Å²) < 4.78 is 19.1. The number of rotatable bonds is 6. The highest BCUT2D eigenvalue weighted by molar-refractivity contribution is 6.29. The van der Waals surface area contributed by atoms with E-state index in [1.165, 1.54) is 28.3 Å². The van der Waals surface area contributed by atoms with Crippen LogP contribution >= 0.6 is 11.6 Å². The Morgan fingerprint density at radius 3 is 2.50 bits per heavy atom. The Morgan fingerprint density at radius 2 is 1.80 bits per heavy atom. The van der Waals surface area contributed by atoms with E-state index in [0.29, 0.717) is 18.5 Å². The number of carbonyl (C=O) groups excluding carboxylic acids is 1. The van der Waals surface area contributed by atoms with Crippen molar-refractivity contribution in [2.24, 2.45) is 0 Å². The van der Waals surface area contributed by atoms with E-state index in [0.717, 1.165) is 6.20 Å². The number of halogens is 2. The summed E-state index contributed by atoms with van der Waals surface area (Å²) in [5.41, 5.74) is 5.09. The molecule has 0 atom stereocenters. The first-order valence-electron chi connectivity index (χ1n) is 9.70. The molecular weight excluding hydrogens is 403 g/mol. The van der Waals surface area contributed by atoms with Crippen LogP contribution in [0.3, 0.4) is 0 Å². The third-order valence-corrected chi connectivity index (χ3v) is 5.28. The SMILES string of the molecule is O=C(NCCC=Cc1cc(Cl)ncc1F)OCC1c2ccccc2-c2ccccc21. The van der Waals surface area contributed by atoms with E-state index in [2.05, 4.69) is 34.6 Å². The third kappa shape index (κ3) is 4.36. The fourth-order valence-corrected chi connectivity index (χ4v) is 3.84. The second-order valence-corrected chi connectivity index (χ2v) is 7.36. The van der Waals surface area contributed by atoms with Gasteiger partial charge < -0.3 is 10.1 Å². The average molecular weight is 423 g/mol. The lowest BCUT2D eigenvalue weighted by Gasteiger charge is -2.14. The molecule has 0 saturated heterocycles. The Labute approximate surface area is 179 Å². The van der Waals surface area contributed by atoms with Crippen molar-refractivity contribution in [1.29, 1.82) is 0 Å². The van der Waals surface area contributed by atoms with Crippen molar-refractivity contribution < 1.29 is 13.9 Å². The minimum Gasteiger partial charge on any atom is -0.449 e. The van der Waals surface area contributed by atoms with Crippen molar-refractivity contribution in [3.05, 3.63) is 94.5 Å². The predicted octanol–water partition coefficient (Wildman–Crippen LogP) is 5.82. The van der Waals surface area contributed by atoms with E-state index in [1.54, 1.807) is 12.2 Å². The Balaban J connectivity index is 1.28. The van der Waals surface area contributed by atoms with Crippen molar-refractivity contribution in [3.8, 4) is 11.1 Å². The molecule has 0 radical (unpaired) electrons. The number of benzene rings is 2. The summed E-state index contributed by atoms with van der Waals surface area (Å²) in [6.07, 6.45) is 4.52. The van der Waals surface area contributed by atoms with Crippen LogP contribution < -0.4 is 5.32 Å². The molecule has 0 saturated carbocycles. The van der Waals surface area contributed by atoms with E-state index in [1.807, 2.05) is 24.3 Å². The number of pyridine rings is 1. The van der Waals surface area contributed by atoms with E-state index in [9.17, 15) is 9.18 Å². The molecule has 1 amide bonds. The van der Waals surface area contributed by atoms with E-state index < -0.39 is 11.9 Å². The minimum atomic E-state index is -0.469. The van der Waals surface area contributed by atoms with Gasteiger partial charge in [-0.2, -0.15) is 0 Å². The number of nitrogens with one attached hydrogen (secondary N) is 1. The van der Waals surface area contributed by atoms with Crippen molar-refractivity contribution >= 4 is 23.8 Å². The van der Waals surface area contributed by atoms with Gasteiger partial charge in [-0.3, -0.25) is 0 Å². The van der Waals surface area contributed by atoms with Crippen LogP contribution in [0.5, 0.6) is 0 Å². The molecule has 0 bridgehead atoms. The van der Waals surface area contributed by atoms with Crippen LogP contribution in [0.15, 0.2) is 66.9 Å². The standard InChI is InChI=1S/C24H20ClFN2O2/c25-23-13-16(22(26)14-28-23)7-5-6-12-27-24(29)30-15-21-19-10-3-1-8-17(19)18-9-2-4-11-20(18)21/h1-5,7-11,13-14,21H,6,12,15H2,(H,27,29). The minimum absolute atomic E-state index is 0.0301. The van der Waals surface area contributed by atoms with Gasteiger partial charge in [0.2, 0.25) is 0 Å². The van der Waals surface area contributed by atoms with Gasteiger partial charge in [-0.05, 0) is 34.7 Å². The second-order valence-electron chi connectivity index (χ2n) is 6.97. The van der Waals surface area contributed by atoms with E-state index in [-0.39, 0.29) is 17.7 Å². The molecule has 1 aromatic heterocycles. The molecule has 1 N–H and O–H groups in total. The summed E-state index contributed by atoms with van der Waals surface area (Å²) in [5.74, 6) is -0.414. The van der Waals surface area contributed by atoms with Gasteiger partial charge in [-0.1, -0.05) is 72.3 Å². The van der Waals surface area contributed by atoms with Crippen LogP contribution in [0.4, 0.5) is 9.18 Å². The number of carbonyl (C=O) groups is 1. The molecule has 0 unspecified atom stereocenters. The summed E-state index contributed by atoms with van der Waals surface area (Å²) in [6.45, 7) is 0.657. The summed E-state index contributed by atoms with van der Waals surface area (Å²) in [6, 6.07) is 17.8. The van der Waals surface area contributed by atoms with Crippen molar-refractivity contribution in [1.82, 2.24) is 10.3 Å². The smallest absolute Gasteiger partial charge is 0.407 e. The third-order valence-electron chi connectivity index (χ3n) is 5.07. The zero-order valence-corrected chi connectivity index (χ0v) is 16.9. The predicted molar refractivity (Wildman–Crippen MR) is 116 cm³/mol. The fraction of sp³-hybridized carbons (Fsp3) is 0.167. The molecule has 6 heteroatoms. The fourth-order valence-electron chi connectivity index (χ4n) is 3.67. The van der Waals surface area contributed by atoms with Crippen molar-refractivity contribution in [2.75, 3.05) is 13.2 Å². The number of fused-ring (bicyclic) bond motifs is 3. The molecule has 0 fully saturated rings. The van der Waals surface area contributed by atoms with Gasteiger partial charge in [0.25, 0.3) is 0 Å². The summed E-state index contributed by atoms with van der Waals surface area (Å²) in [7, 11) is 0. The lowest BCUT2D eigenvalue weighted by molar-refractivity contribution is 0.143. The molecule has 1 aliphatic rings. The van der Waals surface area contributed by atoms with Crippen molar-refractivity contribution in [2.45, 2.75) is 12.3 Å². The van der Waals surface area contributed by atoms with Gasteiger partial charge in [-0.15, -0.1) is 0 Å². The average Bonchev–Trinajstić information content (AvgIpc) is 3.08. The number of hydrogen-bond acceptors (Lipinski definition) is 3. The molecule has 3 aromatic rings. The van der Waals surface area contributed by atoms with Gasteiger partial charge in [-0.25, -0.2) is 14.2 Å². The zero-order chi connectivity index (χ0) is 20.9. The molecule has 30 heavy (non-hydrogen) atoms. The number of hydrogen-bond donors (Lipinski definition) is 1. The topological polar surface area (TPSA) is 51.2 Å². The molecule has 1 aliphatic carbocycles. The molecule has 2 aromatic carbocycles. The summed E-state index contributed by atoms with van der Waals surface area (Å²) in [5, 5.41) is 2.95. The maximum absolute atomic E-state index is 13.6. The monoisotopic (exact) mass is 422 g/mol. The van der Waals surface area contributed by atoms with Gasteiger partial charge >= 0.3 is 6.09 Å². The zero-order valence-electron chi connectivity index (χ0n) is 16.1. The van der Waals surface area contributed by atoms with Crippen LogP contribution in [0.2, 0.25) is 5.15 Å². The number of aromatic nitrogens is 1. The first-order chi connectivity index (χ1) is 14.6. The number of amides is 1. The van der Waals surface area contributed by atoms with E-state index >= 15 is 0 Å². The van der Waals surface area contributed by atoms with Gasteiger partial charge in [0, 0.05) is 18.0 Å². The summed E-state index contributed by atoms with van der Waals surface area (Å²) >= 11 is 5.77. The normalized spacial score (nSPS) is 12.6. The molecule has 152 valence electrons. The van der Waals surface area contributed by atoms with Gasteiger partial charge in [0.1, 0.15) is 17.6 Å². The first kappa shape index (κ1) is 20.1. The van der Waals surface area contributed by atoms with Crippen LogP contribution in [0.1, 0.15) is 29.0 Å². The Kier molecular flexibility index (Phi) is 6.10. The van der Waals surface area contributed by atoms with Crippen LogP contribution in [-0.4, -0.2) is 24.2 Å². The van der Waals surface area contributed by atoms with E-state index in [4.69, 9.17) is 16.3 Å². The summed E-state index contributed by atoms with van der Waals surface area (Å²) in [4.78, 5) is 15.8. The van der Waals surface area contributed by atoms with Crippen LogP contribution in [-0.2, 0) is 4.74 Å². The lowest BCUT2D eigenvalue weighted by Crippen LogP contribution is -2.26. The highest BCUT2D eigenvalue weighted by Gasteiger charge is 2.28. The van der Waals surface area contributed by atoms with Crippen molar-refractivity contribution in [3.63, 3.8) is 0 Å². The Bertz CT molecular complexity index is 1050. The quantitative estimate of drug-likeness (QED) is 0.402. The maximum atomic E-state index is 13.6. The van der Waals surface area contributed by atoms with Gasteiger partial charge in [0.05, 0.1) is 6.20 Å². The Morgan fingerprint density at radius 1 is 1.13 bits per heavy atom. The Hall–Kier alpha value is -3.18. The maximum Gasteiger partial charge on any atom is 0.407 e. The highest BCUT2D eigenvalue weighted by atomic mass is 35.5. The molecule has 1 heterocycles. The second kappa shape index (κ2) is 9.09. The van der Waals surface area contributed by atoms with Gasteiger partial charge in [0.15, 0.2) is 0 Å². The number of nitrogens with zero attached hydrogens (tertiary/aromatic N) is 1. The molecule has 4 rings (SSSR count).